The highest BCUT2D eigenvalue weighted by Gasteiger charge is 2.30. The van der Waals surface area contributed by atoms with E-state index in [1.807, 2.05) is 0 Å². The van der Waals surface area contributed by atoms with E-state index in [1.54, 1.807) is 0 Å². The van der Waals surface area contributed by atoms with Crippen LogP contribution in [0.2, 0.25) is 0 Å². The van der Waals surface area contributed by atoms with Gasteiger partial charge in [0.05, 0.1) is 6.61 Å². The van der Waals surface area contributed by atoms with Crippen LogP contribution in [0.1, 0.15) is 27.2 Å². The lowest BCUT2D eigenvalue weighted by Gasteiger charge is -2.36. The molecular weight excluding hydrogens is 152 g/mol. The summed E-state index contributed by atoms with van der Waals surface area (Å²) in [6.45, 7) is 8.58. The summed E-state index contributed by atoms with van der Waals surface area (Å²) in [6.07, 6.45) is 1.11. The second-order valence-corrected chi connectivity index (χ2v) is 4.88. The average Bonchev–Trinajstić information content (AvgIpc) is 2.03. The highest BCUT2D eigenvalue weighted by molar-refractivity contribution is 4.79. The molecule has 2 nitrogen and oxygen atoms in total. The van der Waals surface area contributed by atoms with Crippen LogP contribution in [0.5, 0.6) is 0 Å². The quantitative estimate of drug-likeness (QED) is 0.652. The highest BCUT2D eigenvalue weighted by atomic mass is 16.5. The van der Waals surface area contributed by atoms with Crippen LogP contribution in [-0.2, 0) is 4.74 Å². The standard InChI is InChI=1S/C10H20O2/c1-10(2,3)9-4-8(5-11)6-12-7-9/h8-9,11H,4-7H2,1-3H3/t8-,9?/m1/s1. The van der Waals surface area contributed by atoms with Gasteiger partial charge in [0.25, 0.3) is 0 Å². The molecule has 1 heterocycles. The summed E-state index contributed by atoms with van der Waals surface area (Å²) in [7, 11) is 0. The summed E-state index contributed by atoms with van der Waals surface area (Å²) >= 11 is 0. The van der Waals surface area contributed by atoms with Crippen LogP contribution in [0.3, 0.4) is 0 Å². The van der Waals surface area contributed by atoms with Gasteiger partial charge in [-0.25, -0.2) is 0 Å². The Morgan fingerprint density at radius 1 is 1.33 bits per heavy atom. The van der Waals surface area contributed by atoms with Crippen LogP contribution < -0.4 is 0 Å². The number of hydrogen-bond donors (Lipinski definition) is 1. The molecule has 0 aromatic rings. The first-order chi connectivity index (χ1) is 5.54. The molecule has 1 unspecified atom stereocenters. The Hall–Kier alpha value is -0.0800. The van der Waals surface area contributed by atoms with Crippen LogP contribution >= 0.6 is 0 Å². The maximum absolute atomic E-state index is 8.99. The van der Waals surface area contributed by atoms with E-state index in [2.05, 4.69) is 20.8 Å². The van der Waals surface area contributed by atoms with Crippen molar-refractivity contribution in [3.8, 4) is 0 Å². The second kappa shape index (κ2) is 3.75. The predicted molar refractivity (Wildman–Crippen MR) is 49.0 cm³/mol. The number of aliphatic hydroxyl groups excluding tert-OH is 1. The molecular formula is C10H20O2. The number of hydrogen-bond acceptors (Lipinski definition) is 2. The number of ether oxygens (including phenoxy) is 1. The monoisotopic (exact) mass is 172 g/mol. The minimum absolute atomic E-state index is 0.270. The lowest BCUT2D eigenvalue weighted by molar-refractivity contribution is -0.0378. The van der Waals surface area contributed by atoms with E-state index in [-0.39, 0.29) is 6.61 Å². The van der Waals surface area contributed by atoms with Crippen molar-refractivity contribution in [2.75, 3.05) is 19.8 Å². The van der Waals surface area contributed by atoms with Gasteiger partial charge in [-0.3, -0.25) is 0 Å². The Balaban J connectivity index is 2.46. The van der Waals surface area contributed by atoms with Gasteiger partial charge in [0.2, 0.25) is 0 Å². The van der Waals surface area contributed by atoms with E-state index in [4.69, 9.17) is 9.84 Å². The molecule has 0 aromatic heterocycles. The summed E-state index contributed by atoms with van der Waals surface area (Å²) in [5.41, 5.74) is 0.313. The molecule has 2 heteroatoms. The van der Waals surface area contributed by atoms with Crippen molar-refractivity contribution in [3.05, 3.63) is 0 Å². The van der Waals surface area contributed by atoms with Gasteiger partial charge in [0.15, 0.2) is 0 Å². The van der Waals surface area contributed by atoms with Crippen molar-refractivity contribution < 1.29 is 9.84 Å². The van der Waals surface area contributed by atoms with Crippen LogP contribution in [-0.4, -0.2) is 24.9 Å². The Bertz CT molecular complexity index is 137. The van der Waals surface area contributed by atoms with Crippen LogP contribution in [0, 0.1) is 17.3 Å². The maximum atomic E-state index is 8.99. The van der Waals surface area contributed by atoms with E-state index < -0.39 is 0 Å². The maximum Gasteiger partial charge on any atom is 0.0516 e. The average molecular weight is 172 g/mol. The SMILES string of the molecule is CC(C)(C)C1COC[C@@H](CO)C1. The minimum atomic E-state index is 0.270. The largest absolute Gasteiger partial charge is 0.396 e. The molecule has 0 amide bonds. The minimum Gasteiger partial charge on any atom is -0.396 e. The fourth-order valence-electron chi connectivity index (χ4n) is 1.65. The summed E-state index contributed by atoms with van der Waals surface area (Å²) in [6, 6.07) is 0. The van der Waals surface area contributed by atoms with Gasteiger partial charge in [0.1, 0.15) is 0 Å². The van der Waals surface area contributed by atoms with Crippen molar-refractivity contribution in [2.24, 2.45) is 17.3 Å². The summed E-state index contributed by atoms with van der Waals surface area (Å²) < 4.78 is 5.45. The Morgan fingerprint density at radius 2 is 2.00 bits per heavy atom. The zero-order valence-corrected chi connectivity index (χ0v) is 8.34. The van der Waals surface area contributed by atoms with Gasteiger partial charge in [0, 0.05) is 19.1 Å². The lowest BCUT2D eigenvalue weighted by atomic mass is 9.75. The van der Waals surface area contributed by atoms with Crippen LogP contribution in [0.4, 0.5) is 0 Å². The molecule has 72 valence electrons. The van der Waals surface area contributed by atoms with E-state index in [9.17, 15) is 0 Å². The summed E-state index contributed by atoms with van der Waals surface area (Å²) in [5.74, 6) is 0.964. The lowest BCUT2D eigenvalue weighted by Crippen LogP contribution is -2.35. The Kier molecular flexibility index (Phi) is 3.13. The Morgan fingerprint density at radius 3 is 2.50 bits per heavy atom. The zero-order valence-electron chi connectivity index (χ0n) is 8.34. The number of aliphatic hydroxyl groups is 1. The molecule has 0 bridgehead atoms. The highest BCUT2D eigenvalue weighted by Crippen LogP contribution is 2.34. The molecule has 1 fully saturated rings. The molecule has 2 atom stereocenters. The number of rotatable bonds is 1. The van der Waals surface area contributed by atoms with Crippen LogP contribution in [0.15, 0.2) is 0 Å². The third kappa shape index (κ3) is 2.46. The van der Waals surface area contributed by atoms with E-state index in [1.165, 1.54) is 0 Å². The van der Waals surface area contributed by atoms with Crippen molar-refractivity contribution in [2.45, 2.75) is 27.2 Å². The molecule has 1 saturated heterocycles. The molecule has 1 aliphatic rings. The summed E-state index contributed by atoms with van der Waals surface area (Å²) in [4.78, 5) is 0. The first kappa shape index (κ1) is 10.0. The van der Waals surface area contributed by atoms with Crippen LogP contribution in [0.25, 0.3) is 0 Å². The summed E-state index contributed by atoms with van der Waals surface area (Å²) in [5, 5.41) is 8.99. The van der Waals surface area contributed by atoms with Crippen molar-refractivity contribution in [1.82, 2.24) is 0 Å². The van der Waals surface area contributed by atoms with Crippen molar-refractivity contribution >= 4 is 0 Å². The van der Waals surface area contributed by atoms with E-state index in [0.29, 0.717) is 17.3 Å². The molecule has 0 spiro atoms. The van der Waals surface area contributed by atoms with Gasteiger partial charge in [-0.2, -0.15) is 0 Å². The molecule has 1 N–H and O–H groups in total. The van der Waals surface area contributed by atoms with E-state index >= 15 is 0 Å². The fourth-order valence-corrected chi connectivity index (χ4v) is 1.65. The van der Waals surface area contributed by atoms with Gasteiger partial charge in [-0.05, 0) is 17.8 Å². The van der Waals surface area contributed by atoms with Gasteiger partial charge >= 0.3 is 0 Å². The van der Waals surface area contributed by atoms with Crippen molar-refractivity contribution in [1.29, 1.82) is 0 Å². The first-order valence-electron chi connectivity index (χ1n) is 4.72. The molecule has 0 radical (unpaired) electrons. The van der Waals surface area contributed by atoms with E-state index in [0.717, 1.165) is 19.6 Å². The zero-order chi connectivity index (χ0) is 9.19. The predicted octanol–water partition coefficient (Wildman–Crippen LogP) is 1.68. The topological polar surface area (TPSA) is 29.5 Å². The molecule has 0 aromatic carbocycles. The fraction of sp³-hybridized carbons (Fsp3) is 1.00. The molecule has 1 aliphatic heterocycles. The molecule has 0 saturated carbocycles. The second-order valence-electron chi connectivity index (χ2n) is 4.88. The van der Waals surface area contributed by atoms with Gasteiger partial charge in [-0.15, -0.1) is 0 Å². The van der Waals surface area contributed by atoms with Gasteiger partial charge < -0.3 is 9.84 Å². The molecule has 12 heavy (non-hydrogen) atoms. The third-order valence-corrected chi connectivity index (χ3v) is 2.77. The molecule has 0 aliphatic carbocycles. The molecule has 1 rings (SSSR count). The van der Waals surface area contributed by atoms with Crippen molar-refractivity contribution in [3.63, 3.8) is 0 Å². The van der Waals surface area contributed by atoms with Gasteiger partial charge in [-0.1, -0.05) is 20.8 Å². The first-order valence-corrected chi connectivity index (χ1v) is 4.72. The Labute approximate surface area is 74.9 Å². The normalized spacial score (nSPS) is 32.0. The third-order valence-electron chi connectivity index (χ3n) is 2.77. The smallest absolute Gasteiger partial charge is 0.0516 e.